The van der Waals surface area contributed by atoms with E-state index in [0.29, 0.717) is 18.7 Å². The summed E-state index contributed by atoms with van der Waals surface area (Å²) in [7, 11) is -3.65. The summed E-state index contributed by atoms with van der Waals surface area (Å²) in [6.45, 7) is 5.63. The highest BCUT2D eigenvalue weighted by Gasteiger charge is 2.23. The Kier molecular flexibility index (Phi) is 8.01. The van der Waals surface area contributed by atoms with Crippen LogP contribution in [-0.2, 0) is 19.6 Å². The minimum Gasteiger partial charge on any atom is -0.480 e. The molecule has 1 aromatic rings. The van der Waals surface area contributed by atoms with Crippen molar-refractivity contribution in [2.24, 2.45) is 0 Å². The molecule has 0 aliphatic rings. The molecule has 8 nitrogen and oxygen atoms in total. The summed E-state index contributed by atoms with van der Waals surface area (Å²) in [5.41, 5.74) is 0.897. The van der Waals surface area contributed by atoms with Gasteiger partial charge in [0, 0.05) is 25.2 Å². The number of carboxylic acids is 1. The third-order valence-corrected chi connectivity index (χ3v) is 5.60. The molecule has 0 aliphatic carbocycles. The number of hydrogen-bond donors (Lipinski definition) is 2. The number of benzene rings is 1. The predicted molar refractivity (Wildman–Crippen MR) is 92.1 cm³/mol. The zero-order valence-corrected chi connectivity index (χ0v) is 15.4. The van der Waals surface area contributed by atoms with Gasteiger partial charge >= 0.3 is 5.97 Å². The summed E-state index contributed by atoms with van der Waals surface area (Å²) in [5, 5.41) is 11.0. The van der Waals surface area contributed by atoms with Gasteiger partial charge in [-0.15, -0.1) is 0 Å². The second-order valence-corrected chi connectivity index (χ2v) is 7.21. The Morgan fingerprint density at radius 3 is 2.44 bits per heavy atom. The number of nitrogens with one attached hydrogen (secondary N) is 1. The maximum absolute atomic E-state index is 12.6. The minimum atomic E-state index is -3.65. The standard InChI is InChI=1S/C16H24N2O6S/c1-4-18(5-2)25(22,23)13-7-6-12(3)14(10-13)16(21)17-8-9-24-11-15(19)20/h6-7,10H,4-5,8-9,11H2,1-3H3,(H,17,21)(H,19,20). The van der Waals surface area contributed by atoms with Crippen molar-refractivity contribution in [1.29, 1.82) is 0 Å². The largest absolute Gasteiger partial charge is 0.480 e. The molecule has 9 heteroatoms. The van der Waals surface area contributed by atoms with Gasteiger partial charge in [-0.2, -0.15) is 4.31 Å². The summed E-state index contributed by atoms with van der Waals surface area (Å²) < 4.78 is 31.3. The average Bonchev–Trinajstić information content (AvgIpc) is 2.55. The summed E-state index contributed by atoms with van der Waals surface area (Å²) in [6.07, 6.45) is 0. The van der Waals surface area contributed by atoms with Crippen molar-refractivity contribution in [1.82, 2.24) is 9.62 Å². The fraction of sp³-hybridized carbons (Fsp3) is 0.500. The van der Waals surface area contributed by atoms with Crippen molar-refractivity contribution < 1.29 is 27.9 Å². The molecule has 0 saturated carbocycles. The van der Waals surface area contributed by atoms with E-state index < -0.39 is 28.5 Å². The van der Waals surface area contributed by atoms with Crippen LogP contribution in [0.5, 0.6) is 0 Å². The van der Waals surface area contributed by atoms with E-state index in [-0.39, 0.29) is 23.6 Å². The van der Waals surface area contributed by atoms with Crippen molar-refractivity contribution in [3.63, 3.8) is 0 Å². The van der Waals surface area contributed by atoms with E-state index in [4.69, 9.17) is 9.84 Å². The van der Waals surface area contributed by atoms with Gasteiger partial charge in [-0.05, 0) is 24.6 Å². The topological polar surface area (TPSA) is 113 Å². The van der Waals surface area contributed by atoms with Crippen molar-refractivity contribution in [2.45, 2.75) is 25.7 Å². The Morgan fingerprint density at radius 1 is 1.24 bits per heavy atom. The van der Waals surface area contributed by atoms with E-state index >= 15 is 0 Å². The van der Waals surface area contributed by atoms with Crippen LogP contribution in [0.15, 0.2) is 23.1 Å². The lowest BCUT2D eigenvalue weighted by atomic mass is 10.1. The highest BCUT2D eigenvalue weighted by Crippen LogP contribution is 2.19. The van der Waals surface area contributed by atoms with Gasteiger partial charge < -0.3 is 15.2 Å². The summed E-state index contributed by atoms with van der Waals surface area (Å²) >= 11 is 0. The molecular weight excluding hydrogens is 348 g/mol. The summed E-state index contributed by atoms with van der Waals surface area (Å²) in [5.74, 6) is -1.52. The Hall–Kier alpha value is -1.97. The number of hydrogen-bond acceptors (Lipinski definition) is 5. The molecule has 25 heavy (non-hydrogen) atoms. The minimum absolute atomic E-state index is 0.0501. The van der Waals surface area contributed by atoms with Gasteiger partial charge in [-0.1, -0.05) is 19.9 Å². The third kappa shape index (κ3) is 5.80. The molecule has 0 aromatic heterocycles. The number of amides is 1. The molecule has 0 spiro atoms. The third-order valence-electron chi connectivity index (χ3n) is 3.55. The van der Waals surface area contributed by atoms with E-state index in [2.05, 4.69) is 5.32 Å². The molecular formula is C16H24N2O6S. The highest BCUT2D eigenvalue weighted by molar-refractivity contribution is 7.89. The molecule has 1 rings (SSSR count). The molecule has 0 bridgehead atoms. The van der Waals surface area contributed by atoms with Crippen LogP contribution in [0.25, 0.3) is 0 Å². The quantitative estimate of drug-likeness (QED) is 0.589. The van der Waals surface area contributed by atoms with Crippen LogP contribution in [0, 0.1) is 6.92 Å². The van der Waals surface area contributed by atoms with Crippen LogP contribution < -0.4 is 5.32 Å². The Labute approximate surface area is 147 Å². The van der Waals surface area contributed by atoms with Gasteiger partial charge in [0.15, 0.2) is 0 Å². The lowest BCUT2D eigenvalue weighted by Crippen LogP contribution is -2.31. The van der Waals surface area contributed by atoms with Gasteiger partial charge in [0.05, 0.1) is 11.5 Å². The first-order valence-electron chi connectivity index (χ1n) is 7.92. The highest BCUT2D eigenvalue weighted by atomic mass is 32.2. The predicted octanol–water partition coefficient (Wildman–Crippen LogP) is 0.857. The van der Waals surface area contributed by atoms with Crippen LogP contribution >= 0.6 is 0 Å². The van der Waals surface area contributed by atoms with Gasteiger partial charge in [0.25, 0.3) is 5.91 Å². The molecule has 0 saturated heterocycles. The van der Waals surface area contributed by atoms with Gasteiger partial charge in [0.1, 0.15) is 6.61 Å². The second kappa shape index (κ2) is 9.50. The molecule has 0 fully saturated rings. The first kappa shape index (κ1) is 21.1. The van der Waals surface area contributed by atoms with Crippen LogP contribution in [-0.4, -0.2) is 62.6 Å². The van der Waals surface area contributed by atoms with Crippen LogP contribution in [0.3, 0.4) is 0 Å². The Balaban J connectivity index is 2.87. The van der Waals surface area contributed by atoms with E-state index in [9.17, 15) is 18.0 Å². The number of carbonyl (C=O) groups excluding carboxylic acids is 1. The van der Waals surface area contributed by atoms with E-state index in [0.717, 1.165) is 0 Å². The van der Waals surface area contributed by atoms with Crippen LogP contribution in [0.4, 0.5) is 0 Å². The first-order chi connectivity index (χ1) is 11.7. The Morgan fingerprint density at radius 2 is 1.88 bits per heavy atom. The zero-order valence-electron chi connectivity index (χ0n) is 14.6. The number of ether oxygens (including phenoxy) is 1. The number of sulfonamides is 1. The monoisotopic (exact) mass is 372 g/mol. The van der Waals surface area contributed by atoms with E-state index in [1.807, 2.05) is 0 Å². The molecule has 0 unspecified atom stereocenters. The van der Waals surface area contributed by atoms with Crippen LogP contribution in [0.2, 0.25) is 0 Å². The second-order valence-electron chi connectivity index (χ2n) is 5.27. The number of nitrogens with zero attached hydrogens (tertiary/aromatic N) is 1. The van der Waals surface area contributed by atoms with E-state index in [1.54, 1.807) is 26.8 Å². The molecule has 0 atom stereocenters. The lowest BCUT2D eigenvalue weighted by molar-refractivity contribution is -0.142. The number of aliphatic carboxylic acids is 1. The van der Waals surface area contributed by atoms with Crippen molar-refractivity contribution in [3.8, 4) is 0 Å². The molecule has 0 aliphatic heterocycles. The van der Waals surface area contributed by atoms with Crippen molar-refractivity contribution in [2.75, 3.05) is 32.8 Å². The summed E-state index contributed by atoms with van der Waals surface area (Å²) in [6, 6.07) is 4.43. The fourth-order valence-electron chi connectivity index (χ4n) is 2.21. The van der Waals surface area contributed by atoms with Crippen molar-refractivity contribution in [3.05, 3.63) is 29.3 Å². The maximum atomic E-state index is 12.6. The number of carbonyl (C=O) groups is 2. The molecule has 0 heterocycles. The van der Waals surface area contributed by atoms with Gasteiger partial charge in [-0.3, -0.25) is 4.79 Å². The molecule has 140 valence electrons. The average molecular weight is 372 g/mol. The Bertz CT molecular complexity index is 713. The molecule has 1 amide bonds. The molecule has 2 N–H and O–H groups in total. The fourth-order valence-corrected chi connectivity index (χ4v) is 3.69. The van der Waals surface area contributed by atoms with Gasteiger partial charge in [0.2, 0.25) is 10.0 Å². The van der Waals surface area contributed by atoms with E-state index in [1.165, 1.54) is 16.4 Å². The smallest absolute Gasteiger partial charge is 0.329 e. The lowest BCUT2D eigenvalue weighted by Gasteiger charge is -2.19. The summed E-state index contributed by atoms with van der Waals surface area (Å²) in [4.78, 5) is 22.6. The molecule has 1 aromatic carbocycles. The number of rotatable bonds is 10. The van der Waals surface area contributed by atoms with Crippen molar-refractivity contribution >= 4 is 21.9 Å². The SMILES string of the molecule is CCN(CC)S(=O)(=O)c1ccc(C)c(C(=O)NCCOCC(=O)O)c1. The maximum Gasteiger partial charge on any atom is 0.329 e. The van der Waals surface area contributed by atoms with Crippen LogP contribution in [0.1, 0.15) is 29.8 Å². The number of aryl methyl sites for hydroxylation is 1. The number of carboxylic acid groups (broad SMARTS) is 1. The van der Waals surface area contributed by atoms with Gasteiger partial charge in [-0.25, -0.2) is 13.2 Å². The molecule has 0 radical (unpaired) electrons. The normalized spacial score (nSPS) is 11.5. The zero-order chi connectivity index (χ0) is 19.0. The first-order valence-corrected chi connectivity index (χ1v) is 9.36.